The molecule has 0 saturated heterocycles. The Morgan fingerprint density at radius 2 is 0.896 bits per heavy atom. The molecule has 8 heteroatoms. The van der Waals surface area contributed by atoms with Crippen LogP contribution >= 0.6 is 0 Å². The van der Waals surface area contributed by atoms with Crippen LogP contribution in [0, 0.1) is 5.92 Å². The fourth-order valence-electron chi connectivity index (χ4n) is 5.11. The lowest BCUT2D eigenvalue weighted by atomic mass is 10.0. The summed E-state index contributed by atoms with van der Waals surface area (Å²) >= 11 is 0. The zero-order valence-corrected chi connectivity index (χ0v) is 29.9. The standard InChI is InChI=1S/C24H38O4.C16H22O4/c1-3-5-7-9-11-15-19-27-23(25)21-17-13-14-18-22(21)24(26)28-20-16-12-10-8-6-4-2;1-3-5-8-12(4-2)11-20-16(19)14-10-7-6-9-13(14)15(17)18/h13-14,17-18H,3-12,15-16,19-20H2,1-2H3;6-7,9-10,12H,3-5,8,11H2,1-2H3,(H,17,18). The number of ether oxygens (including phenoxy) is 3. The Kier molecular flexibility index (Phi) is 24.1. The highest BCUT2D eigenvalue weighted by molar-refractivity contribution is 6.03. The van der Waals surface area contributed by atoms with Gasteiger partial charge in [-0.2, -0.15) is 0 Å². The van der Waals surface area contributed by atoms with Gasteiger partial charge in [-0.15, -0.1) is 0 Å². The van der Waals surface area contributed by atoms with Gasteiger partial charge in [0.2, 0.25) is 0 Å². The number of aromatic carboxylic acids is 1. The van der Waals surface area contributed by atoms with E-state index in [0.717, 1.165) is 51.4 Å². The molecule has 0 aromatic heterocycles. The van der Waals surface area contributed by atoms with Gasteiger partial charge in [0.05, 0.1) is 42.1 Å². The molecule has 0 aliphatic rings. The number of rotatable bonds is 24. The topological polar surface area (TPSA) is 116 Å². The molecule has 0 heterocycles. The molecule has 0 amide bonds. The number of carbonyl (C=O) groups is 4. The Labute approximate surface area is 288 Å². The second-order valence-corrected chi connectivity index (χ2v) is 12.2. The number of hydrogen-bond donors (Lipinski definition) is 1. The fraction of sp³-hybridized carbons (Fsp3) is 0.600. The summed E-state index contributed by atoms with van der Waals surface area (Å²) in [4.78, 5) is 47.7. The van der Waals surface area contributed by atoms with Gasteiger partial charge in [0.25, 0.3) is 0 Å². The van der Waals surface area contributed by atoms with Crippen molar-refractivity contribution in [3.8, 4) is 0 Å². The van der Waals surface area contributed by atoms with Crippen LogP contribution in [-0.2, 0) is 14.2 Å². The number of hydrogen-bond acceptors (Lipinski definition) is 7. The number of carboxylic acid groups (broad SMARTS) is 1. The van der Waals surface area contributed by atoms with E-state index in [-0.39, 0.29) is 11.1 Å². The van der Waals surface area contributed by atoms with E-state index >= 15 is 0 Å². The quantitative estimate of drug-likeness (QED) is 0.0667. The first kappa shape index (κ1) is 42.3. The van der Waals surface area contributed by atoms with Crippen LogP contribution in [0.5, 0.6) is 0 Å². The molecule has 1 atom stereocenters. The van der Waals surface area contributed by atoms with Gasteiger partial charge in [-0.05, 0) is 49.4 Å². The molecular formula is C40H60O8. The highest BCUT2D eigenvalue weighted by atomic mass is 16.5. The molecular weight excluding hydrogens is 608 g/mol. The first-order valence-electron chi connectivity index (χ1n) is 18.2. The van der Waals surface area contributed by atoms with Crippen LogP contribution in [0.4, 0.5) is 0 Å². The van der Waals surface area contributed by atoms with Crippen molar-refractivity contribution in [2.45, 2.75) is 130 Å². The third-order valence-corrected chi connectivity index (χ3v) is 8.20. The number of unbranched alkanes of at least 4 members (excludes halogenated alkanes) is 11. The second kappa shape index (κ2) is 27.3. The predicted molar refractivity (Wildman–Crippen MR) is 191 cm³/mol. The van der Waals surface area contributed by atoms with Crippen LogP contribution in [0.25, 0.3) is 0 Å². The second-order valence-electron chi connectivity index (χ2n) is 12.2. The first-order valence-corrected chi connectivity index (χ1v) is 18.2. The van der Waals surface area contributed by atoms with Crippen molar-refractivity contribution in [3.63, 3.8) is 0 Å². The third kappa shape index (κ3) is 18.0. The summed E-state index contributed by atoms with van der Waals surface area (Å²) in [6.07, 6.45) is 17.8. The average molecular weight is 669 g/mol. The lowest BCUT2D eigenvalue weighted by molar-refractivity contribution is 0.0419. The van der Waals surface area contributed by atoms with Gasteiger partial charge in [-0.25, -0.2) is 19.2 Å². The summed E-state index contributed by atoms with van der Waals surface area (Å²) in [5, 5.41) is 9.05. The molecule has 1 unspecified atom stereocenters. The van der Waals surface area contributed by atoms with Crippen molar-refractivity contribution in [3.05, 3.63) is 70.8 Å². The molecule has 0 saturated carbocycles. The summed E-state index contributed by atoms with van der Waals surface area (Å²) in [6, 6.07) is 12.9. The molecule has 0 spiro atoms. The summed E-state index contributed by atoms with van der Waals surface area (Å²) in [6.45, 7) is 9.72. The normalized spacial score (nSPS) is 11.2. The van der Waals surface area contributed by atoms with E-state index in [4.69, 9.17) is 19.3 Å². The molecule has 0 bridgehead atoms. The molecule has 2 rings (SSSR count). The highest BCUT2D eigenvalue weighted by Crippen LogP contribution is 2.17. The molecule has 2 aromatic carbocycles. The number of carboxylic acids is 1. The zero-order chi connectivity index (χ0) is 35.4. The number of carbonyl (C=O) groups excluding carboxylic acids is 3. The van der Waals surface area contributed by atoms with E-state index in [1.54, 1.807) is 36.4 Å². The maximum absolute atomic E-state index is 12.4. The lowest BCUT2D eigenvalue weighted by Gasteiger charge is -2.15. The summed E-state index contributed by atoms with van der Waals surface area (Å²) < 4.78 is 16.0. The van der Waals surface area contributed by atoms with Gasteiger partial charge in [0.15, 0.2) is 0 Å². The van der Waals surface area contributed by atoms with Crippen molar-refractivity contribution >= 4 is 23.9 Å². The van der Waals surface area contributed by atoms with E-state index in [0.29, 0.717) is 36.9 Å². The van der Waals surface area contributed by atoms with Gasteiger partial charge in [-0.3, -0.25) is 0 Å². The maximum Gasteiger partial charge on any atom is 0.339 e. The van der Waals surface area contributed by atoms with Crippen molar-refractivity contribution in [2.75, 3.05) is 19.8 Å². The summed E-state index contributed by atoms with van der Waals surface area (Å²) in [5.74, 6) is -2.22. The SMILES string of the molecule is CCCCC(CC)COC(=O)c1ccccc1C(=O)O.CCCCCCCCOC(=O)c1ccccc1C(=O)OCCCCCCCC. The fourth-order valence-corrected chi connectivity index (χ4v) is 5.11. The molecule has 1 N–H and O–H groups in total. The van der Waals surface area contributed by atoms with Crippen LogP contribution in [0.15, 0.2) is 48.5 Å². The molecule has 48 heavy (non-hydrogen) atoms. The van der Waals surface area contributed by atoms with E-state index < -0.39 is 23.9 Å². The Balaban J connectivity index is 0.000000507. The van der Waals surface area contributed by atoms with Crippen LogP contribution in [0.2, 0.25) is 0 Å². The molecule has 8 nitrogen and oxygen atoms in total. The van der Waals surface area contributed by atoms with E-state index in [9.17, 15) is 19.2 Å². The van der Waals surface area contributed by atoms with Gasteiger partial charge >= 0.3 is 23.9 Å². The molecule has 0 radical (unpaired) electrons. The lowest BCUT2D eigenvalue weighted by Crippen LogP contribution is -2.16. The monoisotopic (exact) mass is 668 g/mol. The van der Waals surface area contributed by atoms with Crippen LogP contribution in [0.3, 0.4) is 0 Å². The van der Waals surface area contributed by atoms with Crippen molar-refractivity contribution in [2.24, 2.45) is 5.92 Å². The van der Waals surface area contributed by atoms with E-state index in [2.05, 4.69) is 27.7 Å². The summed E-state index contributed by atoms with van der Waals surface area (Å²) in [5.41, 5.74) is 0.687. The summed E-state index contributed by atoms with van der Waals surface area (Å²) in [7, 11) is 0. The molecule has 0 aliphatic heterocycles. The third-order valence-electron chi connectivity index (χ3n) is 8.20. The van der Waals surface area contributed by atoms with E-state index in [1.165, 1.54) is 63.5 Å². The largest absolute Gasteiger partial charge is 0.478 e. The smallest absolute Gasteiger partial charge is 0.339 e. The van der Waals surface area contributed by atoms with Gasteiger partial charge in [-0.1, -0.05) is 135 Å². The Morgan fingerprint density at radius 1 is 0.521 bits per heavy atom. The number of benzene rings is 2. The maximum atomic E-state index is 12.4. The molecule has 2 aromatic rings. The first-order chi connectivity index (χ1) is 23.3. The zero-order valence-electron chi connectivity index (χ0n) is 29.9. The average Bonchev–Trinajstić information content (AvgIpc) is 3.10. The minimum atomic E-state index is -1.12. The minimum absolute atomic E-state index is 0.0147. The van der Waals surface area contributed by atoms with Gasteiger partial charge in [0.1, 0.15) is 0 Å². The molecule has 268 valence electrons. The van der Waals surface area contributed by atoms with Crippen LogP contribution in [0.1, 0.15) is 172 Å². The van der Waals surface area contributed by atoms with Crippen LogP contribution < -0.4 is 0 Å². The van der Waals surface area contributed by atoms with Crippen molar-refractivity contribution < 1.29 is 38.5 Å². The van der Waals surface area contributed by atoms with Crippen molar-refractivity contribution in [1.82, 2.24) is 0 Å². The van der Waals surface area contributed by atoms with Crippen LogP contribution in [-0.4, -0.2) is 48.8 Å². The van der Waals surface area contributed by atoms with Crippen molar-refractivity contribution in [1.29, 1.82) is 0 Å². The molecule has 0 fully saturated rings. The van der Waals surface area contributed by atoms with Gasteiger partial charge in [0, 0.05) is 0 Å². The number of esters is 3. The Morgan fingerprint density at radius 3 is 1.31 bits per heavy atom. The molecule has 0 aliphatic carbocycles. The Hall–Kier alpha value is -3.68. The van der Waals surface area contributed by atoms with E-state index in [1.807, 2.05) is 0 Å². The van der Waals surface area contributed by atoms with Gasteiger partial charge < -0.3 is 19.3 Å². The predicted octanol–water partition coefficient (Wildman–Crippen LogP) is 10.5. The minimum Gasteiger partial charge on any atom is -0.478 e. The highest BCUT2D eigenvalue weighted by Gasteiger charge is 2.20. The Bertz CT molecular complexity index is 1140.